The molecular formula is C16H12FNS. The molecule has 0 bridgehead atoms. The highest BCUT2D eigenvalue weighted by Gasteiger charge is 2.05. The van der Waals surface area contributed by atoms with E-state index in [2.05, 4.69) is 4.98 Å². The van der Waals surface area contributed by atoms with Gasteiger partial charge in [0, 0.05) is 22.2 Å². The van der Waals surface area contributed by atoms with Crippen molar-refractivity contribution in [1.29, 1.82) is 0 Å². The molecule has 0 fully saturated rings. The summed E-state index contributed by atoms with van der Waals surface area (Å²) >= 11 is 1.61. The van der Waals surface area contributed by atoms with Gasteiger partial charge in [-0.3, -0.25) is 4.98 Å². The van der Waals surface area contributed by atoms with Crippen LogP contribution < -0.4 is 0 Å². The monoisotopic (exact) mass is 269 g/mol. The van der Waals surface area contributed by atoms with Gasteiger partial charge in [-0.25, -0.2) is 4.39 Å². The van der Waals surface area contributed by atoms with Crippen molar-refractivity contribution >= 4 is 22.7 Å². The Labute approximate surface area is 115 Å². The number of para-hydroxylation sites is 1. The van der Waals surface area contributed by atoms with Gasteiger partial charge in [-0.1, -0.05) is 36.4 Å². The number of rotatable bonds is 3. The molecule has 0 aliphatic carbocycles. The van der Waals surface area contributed by atoms with Gasteiger partial charge in [0.15, 0.2) is 0 Å². The first-order chi connectivity index (χ1) is 9.34. The molecule has 0 N–H and O–H groups in total. The molecule has 0 radical (unpaired) electrons. The Morgan fingerprint density at radius 1 is 0.947 bits per heavy atom. The Hall–Kier alpha value is -1.87. The average molecular weight is 269 g/mol. The molecule has 0 saturated carbocycles. The zero-order chi connectivity index (χ0) is 13.1. The van der Waals surface area contributed by atoms with Gasteiger partial charge in [0.25, 0.3) is 0 Å². The summed E-state index contributed by atoms with van der Waals surface area (Å²) in [6, 6.07) is 16.9. The fraction of sp³-hybridized carbons (Fsp3) is 0.0625. The molecule has 0 unspecified atom stereocenters. The molecular weight excluding hydrogens is 257 g/mol. The first-order valence-electron chi connectivity index (χ1n) is 6.04. The maximum absolute atomic E-state index is 13.6. The van der Waals surface area contributed by atoms with Crippen LogP contribution in [-0.4, -0.2) is 4.98 Å². The summed E-state index contributed by atoms with van der Waals surface area (Å²) in [4.78, 5) is 5.49. The van der Waals surface area contributed by atoms with E-state index in [1.165, 1.54) is 6.07 Å². The van der Waals surface area contributed by atoms with Crippen LogP contribution in [0.25, 0.3) is 10.9 Å². The first-order valence-corrected chi connectivity index (χ1v) is 7.03. The second-order valence-electron chi connectivity index (χ2n) is 4.21. The Bertz CT molecular complexity index is 706. The third kappa shape index (κ3) is 2.61. The van der Waals surface area contributed by atoms with Crippen LogP contribution in [-0.2, 0) is 5.75 Å². The van der Waals surface area contributed by atoms with Crippen LogP contribution >= 0.6 is 11.8 Å². The second kappa shape index (κ2) is 5.41. The minimum Gasteiger partial charge on any atom is -0.255 e. The Kier molecular flexibility index (Phi) is 3.47. The molecule has 0 atom stereocenters. The average Bonchev–Trinajstić information content (AvgIpc) is 2.46. The molecule has 2 aromatic carbocycles. The molecule has 1 nitrogen and oxygen atoms in total. The summed E-state index contributed by atoms with van der Waals surface area (Å²) in [7, 11) is 0. The third-order valence-corrected chi connectivity index (χ3v) is 4.03. The van der Waals surface area contributed by atoms with E-state index < -0.39 is 0 Å². The Balaban J connectivity index is 1.88. The predicted octanol–water partition coefficient (Wildman–Crippen LogP) is 4.67. The van der Waals surface area contributed by atoms with Gasteiger partial charge >= 0.3 is 0 Å². The Morgan fingerprint density at radius 2 is 1.79 bits per heavy atom. The summed E-state index contributed by atoms with van der Waals surface area (Å²) in [6.07, 6.45) is 1.79. The van der Waals surface area contributed by atoms with Crippen LogP contribution in [0.4, 0.5) is 4.39 Å². The number of nitrogens with zero attached hydrogens (tertiary/aromatic N) is 1. The number of fused-ring (bicyclic) bond motifs is 1. The van der Waals surface area contributed by atoms with Crippen molar-refractivity contribution in [2.24, 2.45) is 0 Å². The maximum Gasteiger partial charge on any atom is 0.127 e. The van der Waals surface area contributed by atoms with E-state index in [1.54, 1.807) is 24.0 Å². The molecule has 0 spiro atoms. The van der Waals surface area contributed by atoms with Crippen molar-refractivity contribution in [3.05, 3.63) is 72.2 Å². The van der Waals surface area contributed by atoms with Crippen molar-refractivity contribution in [2.45, 2.75) is 10.6 Å². The van der Waals surface area contributed by atoms with E-state index in [9.17, 15) is 4.39 Å². The smallest absolute Gasteiger partial charge is 0.127 e. The topological polar surface area (TPSA) is 12.9 Å². The van der Waals surface area contributed by atoms with Gasteiger partial charge in [0.05, 0.1) is 5.52 Å². The highest BCUT2D eigenvalue weighted by Crippen LogP contribution is 2.29. The van der Waals surface area contributed by atoms with Gasteiger partial charge in [-0.2, -0.15) is 0 Å². The molecule has 0 amide bonds. The largest absolute Gasteiger partial charge is 0.255 e. The highest BCUT2D eigenvalue weighted by molar-refractivity contribution is 7.98. The van der Waals surface area contributed by atoms with Crippen LogP contribution in [0.3, 0.4) is 0 Å². The fourth-order valence-electron chi connectivity index (χ4n) is 1.96. The van der Waals surface area contributed by atoms with E-state index in [-0.39, 0.29) is 5.82 Å². The summed E-state index contributed by atoms with van der Waals surface area (Å²) in [5.41, 5.74) is 1.70. The molecule has 0 aliphatic rings. The van der Waals surface area contributed by atoms with E-state index >= 15 is 0 Å². The minimum absolute atomic E-state index is 0.150. The quantitative estimate of drug-likeness (QED) is 0.641. The molecule has 19 heavy (non-hydrogen) atoms. The lowest BCUT2D eigenvalue weighted by Crippen LogP contribution is -1.87. The second-order valence-corrected chi connectivity index (χ2v) is 5.23. The lowest BCUT2D eigenvalue weighted by atomic mass is 10.2. The zero-order valence-corrected chi connectivity index (χ0v) is 11.0. The standard InChI is InChI=1S/C16H12FNS/c17-14-8-2-1-5-13(14)11-19-15-9-3-6-12-7-4-10-18-16(12)15/h1-10H,11H2. The summed E-state index contributed by atoms with van der Waals surface area (Å²) in [5, 5.41) is 1.11. The SMILES string of the molecule is Fc1ccccc1CSc1cccc2cccnc12. The number of aromatic nitrogens is 1. The summed E-state index contributed by atoms with van der Waals surface area (Å²) in [6.45, 7) is 0. The van der Waals surface area contributed by atoms with Crippen molar-refractivity contribution in [1.82, 2.24) is 4.98 Å². The van der Waals surface area contributed by atoms with Gasteiger partial charge in [-0.05, 0) is 23.8 Å². The normalized spacial score (nSPS) is 10.8. The number of hydrogen-bond donors (Lipinski definition) is 0. The number of benzene rings is 2. The maximum atomic E-state index is 13.6. The van der Waals surface area contributed by atoms with Crippen molar-refractivity contribution in [3.63, 3.8) is 0 Å². The van der Waals surface area contributed by atoms with Gasteiger partial charge < -0.3 is 0 Å². The zero-order valence-electron chi connectivity index (χ0n) is 10.2. The molecule has 94 valence electrons. The lowest BCUT2D eigenvalue weighted by Gasteiger charge is -2.06. The summed E-state index contributed by atoms with van der Waals surface area (Å²) in [5.74, 6) is 0.464. The van der Waals surface area contributed by atoms with E-state index in [1.807, 2.05) is 42.5 Å². The van der Waals surface area contributed by atoms with Crippen LogP contribution in [0.1, 0.15) is 5.56 Å². The lowest BCUT2D eigenvalue weighted by molar-refractivity contribution is 0.617. The number of thioether (sulfide) groups is 1. The molecule has 1 aromatic heterocycles. The van der Waals surface area contributed by atoms with E-state index in [0.29, 0.717) is 5.75 Å². The highest BCUT2D eigenvalue weighted by atomic mass is 32.2. The first kappa shape index (κ1) is 12.2. The van der Waals surface area contributed by atoms with Crippen LogP contribution in [0.15, 0.2) is 65.7 Å². The minimum atomic E-state index is -0.150. The van der Waals surface area contributed by atoms with E-state index in [4.69, 9.17) is 0 Å². The van der Waals surface area contributed by atoms with Crippen LogP contribution in [0.5, 0.6) is 0 Å². The van der Waals surface area contributed by atoms with Gasteiger partial charge in [0.2, 0.25) is 0 Å². The number of halogens is 1. The van der Waals surface area contributed by atoms with Crippen LogP contribution in [0.2, 0.25) is 0 Å². The van der Waals surface area contributed by atoms with Crippen molar-refractivity contribution in [3.8, 4) is 0 Å². The Morgan fingerprint density at radius 3 is 2.68 bits per heavy atom. The number of pyridine rings is 1. The van der Waals surface area contributed by atoms with Gasteiger partial charge in [0.1, 0.15) is 5.82 Å². The molecule has 3 heteroatoms. The molecule has 3 aromatic rings. The fourth-order valence-corrected chi connectivity index (χ4v) is 2.99. The van der Waals surface area contributed by atoms with Crippen LogP contribution in [0, 0.1) is 5.82 Å². The number of hydrogen-bond acceptors (Lipinski definition) is 2. The molecule has 0 aliphatic heterocycles. The van der Waals surface area contributed by atoms with Gasteiger partial charge in [-0.15, -0.1) is 11.8 Å². The third-order valence-electron chi connectivity index (χ3n) is 2.94. The predicted molar refractivity (Wildman–Crippen MR) is 77.7 cm³/mol. The van der Waals surface area contributed by atoms with E-state index in [0.717, 1.165) is 21.4 Å². The van der Waals surface area contributed by atoms with Crippen molar-refractivity contribution in [2.75, 3.05) is 0 Å². The summed E-state index contributed by atoms with van der Waals surface area (Å²) < 4.78 is 13.6. The molecule has 0 saturated heterocycles. The molecule has 3 rings (SSSR count). The van der Waals surface area contributed by atoms with Crippen molar-refractivity contribution < 1.29 is 4.39 Å². The molecule has 1 heterocycles.